The molecular weight excluding hydrogens is 140 g/mol. The number of nitrogens with zero attached hydrogens (tertiary/aromatic N) is 2. The fraction of sp³-hybridized carbons (Fsp3) is 0.875. The van der Waals surface area contributed by atoms with Gasteiger partial charge in [0.25, 0.3) is 0 Å². The van der Waals surface area contributed by atoms with Gasteiger partial charge in [0, 0.05) is 26.1 Å². The van der Waals surface area contributed by atoms with E-state index < -0.39 is 0 Å². The van der Waals surface area contributed by atoms with Crippen molar-refractivity contribution in [3.8, 4) is 6.07 Å². The predicted molar refractivity (Wildman–Crippen MR) is 41.9 cm³/mol. The lowest BCUT2D eigenvalue weighted by molar-refractivity contribution is 0.222. The Bertz CT molecular complexity index is 153. The van der Waals surface area contributed by atoms with Gasteiger partial charge in [0.05, 0.1) is 6.07 Å². The van der Waals surface area contributed by atoms with Crippen molar-refractivity contribution in [2.45, 2.75) is 12.8 Å². The van der Waals surface area contributed by atoms with Gasteiger partial charge in [0.2, 0.25) is 0 Å². The van der Waals surface area contributed by atoms with Crippen LogP contribution in [0.3, 0.4) is 0 Å². The minimum absolute atomic E-state index is 0.295. The lowest BCUT2D eigenvalue weighted by atomic mass is 10.1. The van der Waals surface area contributed by atoms with Gasteiger partial charge in [0.1, 0.15) is 0 Å². The van der Waals surface area contributed by atoms with Crippen LogP contribution in [-0.4, -0.2) is 36.2 Å². The average Bonchev–Trinajstić information content (AvgIpc) is 2.48. The Kier molecular flexibility index (Phi) is 3.34. The van der Waals surface area contributed by atoms with Gasteiger partial charge in [-0.3, -0.25) is 0 Å². The summed E-state index contributed by atoms with van der Waals surface area (Å²) in [6.45, 7) is 3.18. The first-order chi connectivity index (χ1) is 5.36. The summed E-state index contributed by atoms with van der Waals surface area (Å²) in [4.78, 5) is 2.24. The fourth-order valence-corrected chi connectivity index (χ4v) is 1.47. The zero-order valence-electron chi connectivity index (χ0n) is 6.66. The molecule has 1 unspecified atom stereocenters. The maximum Gasteiger partial charge on any atom is 0.0635 e. The maximum atomic E-state index is 8.82. The van der Waals surface area contributed by atoms with Crippen LogP contribution in [0.5, 0.6) is 0 Å². The first-order valence-electron chi connectivity index (χ1n) is 4.07. The third-order valence-electron chi connectivity index (χ3n) is 2.17. The van der Waals surface area contributed by atoms with Crippen molar-refractivity contribution in [3.63, 3.8) is 0 Å². The Hall–Kier alpha value is -0.590. The van der Waals surface area contributed by atoms with E-state index in [9.17, 15) is 0 Å². The molecule has 1 heterocycles. The van der Waals surface area contributed by atoms with Gasteiger partial charge in [-0.05, 0) is 18.9 Å². The number of hydrogen-bond donors (Lipinski definition) is 1. The largest absolute Gasteiger partial charge is 0.396 e. The van der Waals surface area contributed by atoms with Crippen LogP contribution in [0.1, 0.15) is 12.8 Å². The van der Waals surface area contributed by atoms with Crippen LogP contribution in [0.15, 0.2) is 0 Å². The van der Waals surface area contributed by atoms with E-state index in [0.29, 0.717) is 18.9 Å². The average molecular weight is 154 g/mol. The van der Waals surface area contributed by atoms with Gasteiger partial charge < -0.3 is 10.0 Å². The summed E-state index contributed by atoms with van der Waals surface area (Å²) in [5, 5.41) is 17.1. The molecule has 3 heteroatoms. The van der Waals surface area contributed by atoms with Crippen molar-refractivity contribution < 1.29 is 5.11 Å². The van der Waals surface area contributed by atoms with Crippen molar-refractivity contribution in [2.75, 3.05) is 26.2 Å². The maximum absolute atomic E-state index is 8.82. The molecule has 1 N–H and O–H groups in total. The molecule has 0 bridgehead atoms. The third-order valence-corrected chi connectivity index (χ3v) is 2.17. The lowest BCUT2D eigenvalue weighted by Gasteiger charge is -2.12. The van der Waals surface area contributed by atoms with E-state index in [1.54, 1.807) is 0 Å². The highest BCUT2D eigenvalue weighted by Gasteiger charge is 2.20. The first-order valence-corrected chi connectivity index (χ1v) is 4.07. The minimum atomic E-state index is 0.295. The second-order valence-corrected chi connectivity index (χ2v) is 3.05. The van der Waals surface area contributed by atoms with Crippen LogP contribution in [0.4, 0.5) is 0 Å². The molecule has 1 aliphatic rings. The number of rotatable bonds is 3. The van der Waals surface area contributed by atoms with Crippen molar-refractivity contribution in [3.05, 3.63) is 0 Å². The molecule has 0 amide bonds. The third kappa shape index (κ3) is 2.49. The standard InChI is InChI=1S/C8H14N2O/c9-3-1-4-10-5-2-8(6-10)7-11/h8,11H,1-2,4-7H2. The molecular formula is C8H14N2O. The summed E-state index contributed by atoms with van der Waals surface area (Å²) in [5.41, 5.74) is 0. The zero-order chi connectivity index (χ0) is 8.10. The summed E-state index contributed by atoms with van der Waals surface area (Å²) in [5.74, 6) is 0.452. The van der Waals surface area contributed by atoms with Gasteiger partial charge in [-0.1, -0.05) is 0 Å². The lowest BCUT2D eigenvalue weighted by Crippen LogP contribution is -2.22. The van der Waals surface area contributed by atoms with E-state index in [1.807, 2.05) is 0 Å². The van der Waals surface area contributed by atoms with Gasteiger partial charge in [-0.15, -0.1) is 0 Å². The molecule has 0 radical (unpaired) electrons. The summed E-state index contributed by atoms with van der Waals surface area (Å²) in [7, 11) is 0. The quantitative estimate of drug-likeness (QED) is 0.632. The highest BCUT2D eigenvalue weighted by Crippen LogP contribution is 2.14. The fourth-order valence-electron chi connectivity index (χ4n) is 1.47. The van der Waals surface area contributed by atoms with Crippen LogP contribution in [0.25, 0.3) is 0 Å². The van der Waals surface area contributed by atoms with Crippen LogP contribution in [0.2, 0.25) is 0 Å². The zero-order valence-corrected chi connectivity index (χ0v) is 6.66. The molecule has 1 atom stereocenters. The van der Waals surface area contributed by atoms with Crippen molar-refractivity contribution in [1.82, 2.24) is 4.90 Å². The number of aliphatic hydroxyl groups excluding tert-OH is 1. The molecule has 62 valence electrons. The molecule has 11 heavy (non-hydrogen) atoms. The molecule has 1 aliphatic heterocycles. The Labute approximate surface area is 67.2 Å². The van der Waals surface area contributed by atoms with Crippen molar-refractivity contribution in [1.29, 1.82) is 5.26 Å². The highest BCUT2D eigenvalue weighted by molar-refractivity contribution is 4.78. The van der Waals surface area contributed by atoms with E-state index in [2.05, 4.69) is 11.0 Å². The summed E-state index contributed by atoms with van der Waals surface area (Å²) in [6.07, 6.45) is 1.69. The molecule has 0 saturated carbocycles. The normalized spacial score (nSPS) is 25.3. The van der Waals surface area contributed by atoms with Crippen LogP contribution >= 0.6 is 0 Å². The van der Waals surface area contributed by atoms with Gasteiger partial charge >= 0.3 is 0 Å². The van der Waals surface area contributed by atoms with Gasteiger partial charge in [0.15, 0.2) is 0 Å². The predicted octanol–water partition coefficient (Wildman–Crippen LogP) is 0.214. The molecule has 3 nitrogen and oxygen atoms in total. The summed E-state index contributed by atoms with van der Waals surface area (Å²) in [6, 6.07) is 2.12. The second-order valence-electron chi connectivity index (χ2n) is 3.05. The monoisotopic (exact) mass is 154 g/mol. The number of hydrogen-bond acceptors (Lipinski definition) is 3. The van der Waals surface area contributed by atoms with E-state index in [-0.39, 0.29) is 0 Å². The Morgan fingerprint density at radius 3 is 3.00 bits per heavy atom. The summed E-state index contributed by atoms with van der Waals surface area (Å²) < 4.78 is 0. The first kappa shape index (κ1) is 8.51. The van der Waals surface area contributed by atoms with Crippen molar-refractivity contribution >= 4 is 0 Å². The smallest absolute Gasteiger partial charge is 0.0635 e. The molecule has 0 aromatic rings. The molecule has 0 aliphatic carbocycles. The number of likely N-dealkylation sites (tertiary alicyclic amines) is 1. The van der Waals surface area contributed by atoms with Gasteiger partial charge in [-0.25, -0.2) is 0 Å². The molecule has 0 spiro atoms. The molecule has 0 aromatic carbocycles. The van der Waals surface area contributed by atoms with Crippen LogP contribution in [-0.2, 0) is 0 Å². The summed E-state index contributed by atoms with van der Waals surface area (Å²) >= 11 is 0. The minimum Gasteiger partial charge on any atom is -0.396 e. The van der Waals surface area contributed by atoms with Crippen LogP contribution in [0, 0.1) is 17.2 Å². The number of nitriles is 1. The van der Waals surface area contributed by atoms with Gasteiger partial charge in [-0.2, -0.15) is 5.26 Å². The Morgan fingerprint density at radius 1 is 1.64 bits per heavy atom. The van der Waals surface area contributed by atoms with E-state index in [4.69, 9.17) is 10.4 Å². The molecule has 1 fully saturated rings. The molecule has 0 aromatic heterocycles. The Morgan fingerprint density at radius 2 is 2.45 bits per heavy atom. The Balaban J connectivity index is 2.15. The van der Waals surface area contributed by atoms with Crippen molar-refractivity contribution in [2.24, 2.45) is 5.92 Å². The molecule has 1 rings (SSSR count). The van der Waals surface area contributed by atoms with Crippen LogP contribution < -0.4 is 0 Å². The number of aliphatic hydroxyl groups is 1. The SMILES string of the molecule is N#CCCN1CCC(CO)C1. The van der Waals surface area contributed by atoms with E-state index in [1.165, 1.54) is 0 Å². The van der Waals surface area contributed by atoms with E-state index in [0.717, 1.165) is 26.1 Å². The van der Waals surface area contributed by atoms with E-state index >= 15 is 0 Å². The molecule has 1 saturated heterocycles. The topological polar surface area (TPSA) is 47.3 Å². The highest BCUT2D eigenvalue weighted by atomic mass is 16.3. The second kappa shape index (κ2) is 4.32.